The van der Waals surface area contributed by atoms with Crippen LogP contribution in [0.3, 0.4) is 0 Å². The van der Waals surface area contributed by atoms with Gasteiger partial charge in [0.1, 0.15) is 12.3 Å². The number of benzene rings is 2. The van der Waals surface area contributed by atoms with Gasteiger partial charge in [-0.3, -0.25) is 9.59 Å². The summed E-state index contributed by atoms with van der Waals surface area (Å²) in [7, 11) is 1.94. The number of quaternary nitrogens is 1. The van der Waals surface area contributed by atoms with Crippen molar-refractivity contribution in [3.63, 3.8) is 0 Å². The van der Waals surface area contributed by atoms with Gasteiger partial charge < -0.3 is 20.0 Å². The van der Waals surface area contributed by atoms with Crippen molar-refractivity contribution in [3.05, 3.63) is 88.8 Å². The molecule has 0 aliphatic carbocycles. The summed E-state index contributed by atoms with van der Waals surface area (Å²) in [6, 6.07) is 18.0. The van der Waals surface area contributed by atoms with Crippen molar-refractivity contribution >= 4 is 29.1 Å². The molecule has 0 fully saturated rings. The standard InChI is InChI=1S/C22H22ClN3O3/c1-26(14-16-8-10-17(23)11-9-16)15-21(27)25-20-7-3-2-6-19(20)22(28)24-13-18-5-4-12-29-18/h2-12H,13-15H2,1H3,(H,24,28)(H,25,27)/p+1. The van der Waals surface area contributed by atoms with E-state index in [1.807, 2.05) is 31.3 Å². The average Bonchev–Trinajstić information content (AvgIpc) is 3.22. The van der Waals surface area contributed by atoms with Gasteiger partial charge in [-0.1, -0.05) is 35.9 Å². The largest absolute Gasteiger partial charge is 0.467 e. The van der Waals surface area contributed by atoms with E-state index in [9.17, 15) is 9.59 Å². The van der Waals surface area contributed by atoms with E-state index in [1.165, 1.54) is 0 Å². The Hall–Kier alpha value is -3.09. The zero-order chi connectivity index (χ0) is 20.6. The molecular weight excluding hydrogens is 390 g/mol. The maximum Gasteiger partial charge on any atom is 0.279 e. The summed E-state index contributed by atoms with van der Waals surface area (Å²) >= 11 is 5.91. The molecule has 0 radical (unpaired) electrons. The van der Waals surface area contributed by atoms with Gasteiger partial charge in [-0.05, 0) is 36.4 Å². The second-order valence-corrected chi connectivity index (χ2v) is 7.23. The monoisotopic (exact) mass is 412 g/mol. The number of furan rings is 1. The number of likely N-dealkylation sites (N-methyl/N-ethyl adjacent to an activating group) is 1. The molecule has 0 bridgehead atoms. The van der Waals surface area contributed by atoms with E-state index < -0.39 is 0 Å². The number of nitrogens with one attached hydrogen (secondary N) is 3. The van der Waals surface area contributed by atoms with Crippen molar-refractivity contribution in [1.82, 2.24) is 5.32 Å². The van der Waals surface area contributed by atoms with Crippen LogP contribution < -0.4 is 15.5 Å². The summed E-state index contributed by atoms with van der Waals surface area (Å²) in [6.07, 6.45) is 1.55. The highest BCUT2D eigenvalue weighted by Crippen LogP contribution is 2.15. The predicted octanol–water partition coefficient (Wildman–Crippen LogP) is 2.52. The van der Waals surface area contributed by atoms with Crippen molar-refractivity contribution in [2.45, 2.75) is 13.1 Å². The maximum absolute atomic E-state index is 12.5. The highest BCUT2D eigenvalue weighted by atomic mass is 35.5. The molecule has 0 aliphatic rings. The lowest BCUT2D eigenvalue weighted by Gasteiger charge is -2.15. The molecule has 150 valence electrons. The summed E-state index contributed by atoms with van der Waals surface area (Å²) in [6.45, 7) is 1.24. The van der Waals surface area contributed by atoms with Crippen LogP contribution in [0.5, 0.6) is 0 Å². The molecule has 7 heteroatoms. The smallest absolute Gasteiger partial charge is 0.279 e. The lowest BCUT2D eigenvalue weighted by molar-refractivity contribution is -0.885. The van der Waals surface area contributed by atoms with E-state index in [-0.39, 0.29) is 24.9 Å². The van der Waals surface area contributed by atoms with Gasteiger partial charge in [0.25, 0.3) is 11.8 Å². The SMILES string of the molecule is C[NH+](CC(=O)Nc1ccccc1C(=O)NCc1ccco1)Cc1ccc(Cl)cc1. The van der Waals surface area contributed by atoms with E-state index in [0.29, 0.717) is 28.6 Å². The van der Waals surface area contributed by atoms with Crippen LogP contribution in [0.15, 0.2) is 71.3 Å². The number of rotatable bonds is 8. The van der Waals surface area contributed by atoms with Crippen molar-refractivity contribution in [2.24, 2.45) is 0 Å². The first-order chi connectivity index (χ1) is 14.0. The maximum atomic E-state index is 12.5. The zero-order valence-corrected chi connectivity index (χ0v) is 16.8. The van der Waals surface area contributed by atoms with Gasteiger partial charge in [0.05, 0.1) is 31.1 Å². The average molecular weight is 413 g/mol. The molecule has 3 N–H and O–H groups in total. The number of hydrogen-bond donors (Lipinski definition) is 3. The first-order valence-corrected chi connectivity index (χ1v) is 9.64. The predicted molar refractivity (Wildman–Crippen MR) is 112 cm³/mol. The molecule has 1 unspecified atom stereocenters. The minimum Gasteiger partial charge on any atom is -0.467 e. The summed E-state index contributed by atoms with van der Waals surface area (Å²) in [5.41, 5.74) is 1.98. The Morgan fingerprint density at radius 2 is 1.79 bits per heavy atom. The molecule has 6 nitrogen and oxygen atoms in total. The van der Waals surface area contributed by atoms with Crippen molar-refractivity contribution in [2.75, 3.05) is 18.9 Å². The number of carbonyl (C=O) groups excluding carboxylic acids is 2. The normalized spacial score (nSPS) is 11.7. The molecular formula is C22H23ClN3O3+. The van der Waals surface area contributed by atoms with Gasteiger partial charge >= 0.3 is 0 Å². The minimum atomic E-state index is -0.279. The summed E-state index contributed by atoms with van der Waals surface area (Å²) < 4.78 is 5.22. The van der Waals surface area contributed by atoms with E-state index in [4.69, 9.17) is 16.0 Å². The Kier molecular flexibility index (Phi) is 7.05. The fourth-order valence-electron chi connectivity index (χ4n) is 2.95. The van der Waals surface area contributed by atoms with E-state index in [0.717, 1.165) is 10.5 Å². The molecule has 1 heterocycles. The van der Waals surface area contributed by atoms with Gasteiger partial charge in [0.2, 0.25) is 0 Å². The molecule has 0 saturated heterocycles. The van der Waals surface area contributed by atoms with E-state index >= 15 is 0 Å². The van der Waals surface area contributed by atoms with Crippen molar-refractivity contribution < 1.29 is 18.9 Å². The van der Waals surface area contributed by atoms with Crippen molar-refractivity contribution in [3.8, 4) is 0 Å². The Morgan fingerprint density at radius 1 is 1.03 bits per heavy atom. The number of halogens is 1. The third-order valence-electron chi connectivity index (χ3n) is 4.33. The van der Waals surface area contributed by atoms with Crippen molar-refractivity contribution in [1.29, 1.82) is 0 Å². The van der Waals surface area contributed by atoms with Crippen LogP contribution in [-0.4, -0.2) is 25.4 Å². The lowest BCUT2D eigenvalue weighted by Crippen LogP contribution is -3.08. The van der Waals surface area contributed by atoms with Gasteiger partial charge in [-0.2, -0.15) is 0 Å². The zero-order valence-electron chi connectivity index (χ0n) is 16.1. The second-order valence-electron chi connectivity index (χ2n) is 6.79. The lowest BCUT2D eigenvalue weighted by atomic mass is 10.1. The van der Waals surface area contributed by atoms with Crippen LogP contribution in [0.1, 0.15) is 21.7 Å². The van der Waals surface area contributed by atoms with Gasteiger partial charge in [-0.25, -0.2) is 0 Å². The fraction of sp³-hybridized carbons (Fsp3) is 0.182. The number of amides is 2. The molecule has 1 aromatic heterocycles. The van der Waals surface area contributed by atoms with E-state index in [1.54, 1.807) is 42.7 Å². The molecule has 0 saturated carbocycles. The fourth-order valence-corrected chi connectivity index (χ4v) is 3.07. The summed E-state index contributed by atoms with van der Waals surface area (Å²) in [5, 5.41) is 6.32. The molecule has 29 heavy (non-hydrogen) atoms. The summed E-state index contributed by atoms with van der Waals surface area (Å²) in [5.74, 6) is 0.217. The van der Waals surface area contributed by atoms with Gasteiger partial charge in [-0.15, -0.1) is 0 Å². The molecule has 2 aromatic carbocycles. The third-order valence-corrected chi connectivity index (χ3v) is 4.58. The number of hydrogen-bond acceptors (Lipinski definition) is 3. The molecule has 1 atom stereocenters. The minimum absolute atomic E-state index is 0.164. The quantitative estimate of drug-likeness (QED) is 0.532. The Bertz CT molecular complexity index is 956. The Morgan fingerprint density at radius 3 is 2.52 bits per heavy atom. The summed E-state index contributed by atoms with van der Waals surface area (Å²) in [4.78, 5) is 26.0. The van der Waals surface area contributed by atoms with Crippen LogP contribution in [-0.2, 0) is 17.9 Å². The van der Waals surface area contributed by atoms with Crippen LogP contribution in [0, 0.1) is 0 Å². The van der Waals surface area contributed by atoms with Gasteiger partial charge in [0.15, 0.2) is 6.54 Å². The molecule has 0 aliphatic heterocycles. The second kappa shape index (κ2) is 9.91. The molecule has 0 spiro atoms. The van der Waals surface area contributed by atoms with Crippen LogP contribution in [0.4, 0.5) is 5.69 Å². The Labute approximate surface area is 174 Å². The van der Waals surface area contributed by atoms with Crippen LogP contribution in [0.25, 0.3) is 0 Å². The number of anilines is 1. The third kappa shape index (κ3) is 6.20. The highest BCUT2D eigenvalue weighted by Gasteiger charge is 2.16. The van der Waals surface area contributed by atoms with E-state index in [2.05, 4.69) is 10.6 Å². The Balaban J connectivity index is 1.57. The molecule has 3 aromatic rings. The van der Waals surface area contributed by atoms with Crippen LogP contribution >= 0.6 is 11.6 Å². The number of para-hydroxylation sites is 1. The first kappa shape index (κ1) is 20.6. The first-order valence-electron chi connectivity index (χ1n) is 9.26. The van der Waals surface area contributed by atoms with Crippen LogP contribution in [0.2, 0.25) is 5.02 Å². The highest BCUT2D eigenvalue weighted by molar-refractivity contribution is 6.30. The topological polar surface area (TPSA) is 75.8 Å². The molecule has 2 amide bonds. The number of carbonyl (C=O) groups is 2. The van der Waals surface area contributed by atoms with Gasteiger partial charge in [0, 0.05) is 10.6 Å². The molecule has 3 rings (SSSR count).